The lowest BCUT2D eigenvalue weighted by Gasteiger charge is -2.35. The van der Waals surface area contributed by atoms with Gasteiger partial charge in [-0.05, 0) is 30.7 Å². The van der Waals surface area contributed by atoms with E-state index in [9.17, 15) is 4.79 Å². The molecular formula is C19H22N2O2. The summed E-state index contributed by atoms with van der Waals surface area (Å²) in [5, 5.41) is 0. The Labute approximate surface area is 137 Å². The third-order valence-electron chi connectivity index (χ3n) is 4.09. The quantitative estimate of drug-likeness (QED) is 0.794. The van der Waals surface area contributed by atoms with Crippen LogP contribution in [0.1, 0.15) is 12.8 Å². The average molecular weight is 310 g/mol. The van der Waals surface area contributed by atoms with Crippen LogP contribution in [0.5, 0.6) is 5.75 Å². The highest BCUT2D eigenvalue weighted by Crippen LogP contribution is 2.32. The summed E-state index contributed by atoms with van der Waals surface area (Å²) in [7, 11) is 2.06. The zero-order valence-electron chi connectivity index (χ0n) is 13.4. The maximum absolute atomic E-state index is 12.5. The second kappa shape index (κ2) is 7.18. The number of likely N-dealkylation sites (N-methyl/N-ethyl adjacent to an activating group) is 1. The minimum atomic E-state index is 0.169. The number of fused-ring (bicyclic) bond motifs is 1. The Bertz CT molecular complexity index is 657. The van der Waals surface area contributed by atoms with Crippen molar-refractivity contribution in [1.29, 1.82) is 0 Å². The Balaban J connectivity index is 1.54. The first-order chi connectivity index (χ1) is 11.3. The molecule has 0 radical (unpaired) electrons. The molecule has 4 nitrogen and oxygen atoms in total. The summed E-state index contributed by atoms with van der Waals surface area (Å²) in [6.07, 6.45) is 1.23. The number of hydrogen-bond donors (Lipinski definition) is 0. The normalized spacial score (nSPS) is 13.6. The van der Waals surface area contributed by atoms with Crippen molar-refractivity contribution in [3.8, 4) is 5.75 Å². The molecule has 3 rings (SSSR count). The number of benzene rings is 2. The number of hydrogen-bond acceptors (Lipinski definition) is 3. The van der Waals surface area contributed by atoms with Crippen molar-refractivity contribution in [3.05, 3.63) is 54.6 Å². The molecule has 0 bridgehead atoms. The van der Waals surface area contributed by atoms with Gasteiger partial charge in [0, 0.05) is 26.6 Å². The highest BCUT2D eigenvalue weighted by Gasteiger charge is 2.24. The van der Waals surface area contributed by atoms with Gasteiger partial charge in [0.05, 0.1) is 18.0 Å². The molecule has 2 aromatic carbocycles. The van der Waals surface area contributed by atoms with Gasteiger partial charge in [0.15, 0.2) is 0 Å². The summed E-state index contributed by atoms with van der Waals surface area (Å²) in [5.41, 5.74) is 2.13. The third-order valence-corrected chi connectivity index (χ3v) is 4.09. The van der Waals surface area contributed by atoms with Crippen LogP contribution in [0.4, 0.5) is 11.4 Å². The first-order valence-electron chi connectivity index (χ1n) is 8.04. The largest absolute Gasteiger partial charge is 0.494 e. The Hall–Kier alpha value is -2.49. The topological polar surface area (TPSA) is 32.8 Å². The maximum atomic E-state index is 12.5. The van der Waals surface area contributed by atoms with E-state index in [1.165, 1.54) is 0 Å². The fourth-order valence-corrected chi connectivity index (χ4v) is 2.83. The monoisotopic (exact) mass is 310 g/mol. The van der Waals surface area contributed by atoms with E-state index in [0.717, 1.165) is 36.6 Å². The molecule has 0 N–H and O–H groups in total. The molecule has 0 saturated carbocycles. The molecule has 2 aromatic rings. The zero-order valence-corrected chi connectivity index (χ0v) is 13.4. The predicted octanol–water partition coefficient (Wildman–Crippen LogP) is 3.33. The van der Waals surface area contributed by atoms with Crippen LogP contribution < -0.4 is 14.5 Å². The molecule has 0 spiro atoms. The van der Waals surface area contributed by atoms with Crippen LogP contribution in [0, 0.1) is 0 Å². The zero-order chi connectivity index (χ0) is 16.1. The number of amides is 1. The second-order valence-electron chi connectivity index (χ2n) is 5.72. The molecule has 1 heterocycles. The smallest absolute Gasteiger partial charge is 0.227 e. The van der Waals surface area contributed by atoms with Gasteiger partial charge < -0.3 is 14.5 Å². The van der Waals surface area contributed by atoms with Crippen molar-refractivity contribution in [2.24, 2.45) is 0 Å². The Morgan fingerprint density at radius 1 is 1.00 bits per heavy atom. The van der Waals surface area contributed by atoms with Gasteiger partial charge in [-0.3, -0.25) is 4.79 Å². The van der Waals surface area contributed by atoms with E-state index in [-0.39, 0.29) is 5.91 Å². The Morgan fingerprint density at radius 2 is 1.70 bits per heavy atom. The van der Waals surface area contributed by atoms with Crippen LogP contribution in [0.15, 0.2) is 54.6 Å². The molecule has 0 fully saturated rings. The summed E-state index contributed by atoms with van der Waals surface area (Å²) in [4.78, 5) is 16.6. The highest BCUT2D eigenvalue weighted by molar-refractivity contribution is 5.97. The van der Waals surface area contributed by atoms with E-state index >= 15 is 0 Å². The number of anilines is 2. The number of para-hydroxylation sites is 3. The van der Waals surface area contributed by atoms with Gasteiger partial charge in [0.1, 0.15) is 5.75 Å². The molecule has 1 aliphatic rings. The van der Waals surface area contributed by atoms with E-state index in [4.69, 9.17) is 4.74 Å². The van der Waals surface area contributed by atoms with Gasteiger partial charge in [-0.1, -0.05) is 30.3 Å². The molecule has 0 aliphatic carbocycles. The number of carbonyl (C=O) groups is 1. The Morgan fingerprint density at radius 3 is 2.48 bits per heavy atom. The van der Waals surface area contributed by atoms with Crippen LogP contribution in [-0.2, 0) is 4.79 Å². The molecule has 4 heteroatoms. The molecule has 0 aromatic heterocycles. The van der Waals surface area contributed by atoms with Crippen LogP contribution in [0.25, 0.3) is 0 Å². The minimum absolute atomic E-state index is 0.169. The van der Waals surface area contributed by atoms with Crippen molar-refractivity contribution in [1.82, 2.24) is 0 Å². The molecular weight excluding hydrogens is 288 g/mol. The lowest BCUT2D eigenvalue weighted by molar-refractivity contribution is -0.118. The second-order valence-corrected chi connectivity index (χ2v) is 5.72. The summed E-state index contributed by atoms with van der Waals surface area (Å²) < 4.78 is 5.65. The van der Waals surface area contributed by atoms with Crippen LogP contribution in [0.3, 0.4) is 0 Å². The van der Waals surface area contributed by atoms with Crippen molar-refractivity contribution in [2.75, 3.05) is 36.5 Å². The van der Waals surface area contributed by atoms with Crippen LogP contribution >= 0.6 is 0 Å². The molecule has 1 amide bonds. The molecule has 0 atom stereocenters. The summed E-state index contributed by atoms with van der Waals surface area (Å²) in [6, 6.07) is 17.8. The SMILES string of the molecule is CN1CCN(C(=O)CCCOc2ccccc2)c2ccccc21. The fraction of sp³-hybridized carbons (Fsp3) is 0.316. The van der Waals surface area contributed by atoms with Crippen LogP contribution in [-0.4, -0.2) is 32.7 Å². The van der Waals surface area contributed by atoms with Gasteiger partial charge in [-0.25, -0.2) is 0 Å². The van der Waals surface area contributed by atoms with Crippen LogP contribution in [0.2, 0.25) is 0 Å². The average Bonchev–Trinajstić information content (AvgIpc) is 2.60. The van der Waals surface area contributed by atoms with Crippen molar-refractivity contribution < 1.29 is 9.53 Å². The predicted molar refractivity (Wildman–Crippen MR) is 93.2 cm³/mol. The summed E-state index contributed by atoms with van der Waals surface area (Å²) >= 11 is 0. The van der Waals surface area contributed by atoms with Gasteiger partial charge in [0.2, 0.25) is 5.91 Å². The van der Waals surface area contributed by atoms with Crippen molar-refractivity contribution in [2.45, 2.75) is 12.8 Å². The van der Waals surface area contributed by atoms with Gasteiger partial charge in [0.25, 0.3) is 0 Å². The third kappa shape index (κ3) is 3.65. The summed E-state index contributed by atoms with van der Waals surface area (Å²) in [5.74, 6) is 1.02. The number of carbonyl (C=O) groups excluding carboxylic acids is 1. The minimum Gasteiger partial charge on any atom is -0.494 e. The van der Waals surface area contributed by atoms with Crippen molar-refractivity contribution >= 4 is 17.3 Å². The highest BCUT2D eigenvalue weighted by atomic mass is 16.5. The van der Waals surface area contributed by atoms with Gasteiger partial charge in [-0.15, -0.1) is 0 Å². The lowest BCUT2D eigenvalue weighted by Crippen LogP contribution is -2.42. The van der Waals surface area contributed by atoms with Crippen molar-refractivity contribution in [3.63, 3.8) is 0 Å². The molecule has 120 valence electrons. The first kappa shape index (κ1) is 15.4. The summed E-state index contributed by atoms with van der Waals surface area (Å²) in [6.45, 7) is 2.17. The molecule has 0 unspecified atom stereocenters. The van der Waals surface area contributed by atoms with Gasteiger partial charge in [-0.2, -0.15) is 0 Å². The van der Waals surface area contributed by atoms with E-state index in [0.29, 0.717) is 13.0 Å². The fourth-order valence-electron chi connectivity index (χ4n) is 2.83. The number of ether oxygens (including phenoxy) is 1. The van der Waals surface area contributed by atoms with E-state index < -0.39 is 0 Å². The molecule has 23 heavy (non-hydrogen) atoms. The lowest BCUT2D eigenvalue weighted by atomic mass is 10.1. The standard InChI is InChI=1S/C19H22N2O2/c1-20-13-14-21(18-11-6-5-10-17(18)20)19(22)12-7-15-23-16-8-3-2-4-9-16/h2-6,8-11H,7,12-15H2,1H3. The van der Waals surface area contributed by atoms with E-state index in [2.05, 4.69) is 18.0 Å². The molecule has 1 aliphatic heterocycles. The number of rotatable bonds is 5. The maximum Gasteiger partial charge on any atom is 0.227 e. The first-order valence-corrected chi connectivity index (χ1v) is 8.04. The Kier molecular flexibility index (Phi) is 4.81. The molecule has 0 saturated heterocycles. The number of nitrogens with zero attached hydrogens (tertiary/aromatic N) is 2. The van der Waals surface area contributed by atoms with E-state index in [1.807, 2.05) is 53.4 Å². The van der Waals surface area contributed by atoms with Gasteiger partial charge >= 0.3 is 0 Å². The van der Waals surface area contributed by atoms with E-state index in [1.54, 1.807) is 0 Å².